The molecule has 0 spiro atoms. The van der Waals surface area contributed by atoms with Crippen molar-refractivity contribution in [2.75, 3.05) is 0 Å². The molecule has 9 aromatic rings. The molecule has 0 bridgehead atoms. The number of rotatable bonds is 8. The Kier molecular flexibility index (Phi) is 12.6. The summed E-state index contributed by atoms with van der Waals surface area (Å²) in [5.41, 5.74) is 14.8. The average molecular weight is 1050 g/mol. The minimum Gasteiger partial charge on any atom is -0.501 e. The van der Waals surface area contributed by atoms with E-state index in [0.717, 1.165) is 61.3 Å². The molecule has 4 heterocycles. The fourth-order valence-corrected chi connectivity index (χ4v) is 10.2. The molecule has 0 aliphatic heterocycles. The summed E-state index contributed by atoms with van der Waals surface area (Å²) < 4.78 is 31.2. The second-order valence-electron chi connectivity index (χ2n) is 20.0. The number of aromatic nitrogens is 4. The summed E-state index contributed by atoms with van der Waals surface area (Å²) in [6, 6.07) is 43.6. The topological polar surface area (TPSA) is 56.7 Å². The van der Waals surface area contributed by atoms with Crippen molar-refractivity contribution in [2.24, 2.45) is 0 Å². The van der Waals surface area contributed by atoms with Gasteiger partial charge in [0.15, 0.2) is 0 Å². The molecule has 1 radical (unpaired) electrons. The Morgan fingerprint density at radius 3 is 2.00 bits per heavy atom. The maximum atomic E-state index is 7.44. The van der Waals surface area contributed by atoms with E-state index in [0.29, 0.717) is 11.5 Å². The van der Waals surface area contributed by atoms with Crippen LogP contribution in [0.1, 0.15) is 112 Å². The van der Waals surface area contributed by atoms with Gasteiger partial charge in [0.1, 0.15) is 5.58 Å². The van der Waals surface area contributed by atoms with Crippen LogP contribution in [0.3, 0.4) is 0 Å². The molecule has 0 aliphatic rings. The summed E-state index contributed by atoms with van der Waals surface area (Å²) in [6.07, 6.45) is 4.01. The van der Waals surface area contributed by atoms with Crippen LogP contribution >= 0.6 is 0 Å². The first-order valence-corrected chi connectivity index (χ1v) is 26.1. The molecule has 0 fully saturated rings. The first-order chi connectivity index (χ1) is 31.6. The molecule has 0 N–H and O–H groups in total. The Morgan fingerprint density at radius 1 is 0.708 bits per heavy atom. The van der Waals surface area contributed by atoms with Crippen LogP contribution in [0.2, 0.25) is 19.6 Å². The predicted molar refractivity (Wildman–Crippen MR) is 273 cm³/mol. The molecule has 0 unspecified atom stereocenters. The quantitative estimate of drug-likeness (QED) is 0.112. The minimum absolute atomic E-state index is 0. The molecule has 0 saturated heterocycles. The third-order valence-electron chi connectivity index (χ3n) is 12.1. The second kappa shape index (κ2) is 18.8. The van der Waals surface area contributed by atoms with Gasteiger partial charge in [0.25, 0.3) is 0 Å². The van der Waals surface area contributed by atoms with E-state index in [9.17, 15) is 0 Å². The number of imidazole rings is 1. The number of aryl methyl sites for hydroxylation is 1. The summed E-state index contributed by atoms with van der Waals surface area (Å²) in [5.74, 6) is 1.78. The Hall–Kier alpha value is -5.46. The van der Waals surface area contributed by atoms with Crippen molar-refractivity contribution in [1.29, 1.82) is 0 Å². The van der Waals surface area contributed by atoms with E-state index in [1.54, 1.807) is 18.2 Å². The van der Waals surface area contributed by atoms with Crippen molar-refractivity contribution in [1.82, 2.24) is 19.5 Å². The van der Waals surface area contributed by atoms with E-state index in [1.807, 2.05) is 30.6 Å². The third kappa shape index (κ3) is 9.61. The normalized spacial score (nSPS) is 12.9. The number of hydrogen-bond donors (Lipinski definition) is 0. The molecule has 65 heavy (non-hydrogen) atoms. The number of furan rings is 1. The van der Waals surface area contributed by atoms with Gasteiger partial charge in [-0.15, -0.1) is 53.6 Å². The molecule has 7 heteroatoms. The fourth-order valence-electron chi connectivity index (χ4n) is 8.56. The Balaban J connectivity index is 0.000000242. The van der Waals surface area contributed by atoms with Crippen molar-refractivity contribution < 1.29 is 28.6 Å². The van der Waals surface area contributed by atoms with Crippen molar-refractivity contribution in [2.45, 2.75) is 112 Å². The largest absolute Gasteiger partial charge is 0.501 e. The standard InChI is InChI=1S/C40H38N3O.C18H24NSi.Ir/c1-24(2)31-20-27(26-14-9-8-10-15-26)21-32(25(3)4)37(31)43-34-23-41-36(40(5,6)7)22-33(34)42-39(43)30-18-13-17-29-28-16-11-12-19-35(28)44-38(29)30;1-13(2)16-11-17(15-9-7-14(3)8-10-15)19-12-18(16)20(4,5)6;/h8-17,19-25H,1-7H3;7-9,11-13H,1-6H3;/q2*-1;/i;3D3;. The number of benzene rings is 5. The van der Waals surface area contributed by atoms with Gasteiger partial charge in [0, 0.05) is 52.6 Å². The molecule has 0 aliphatic carbocycles. The van der Waals surface area contributed by atoms with E-state index in [4.69, 9.17) is 18.5 Å². The molecule has 0 amide bonds. The van der Waals surface area contributed by atoms with Gasteiger partial charge in [0.05, 0.1) is 36.7 Å². The molecule has 0 atom stereocenters. The molecule has 9 rings (SSSR count). The molecule has 0 saturated carbocycles. The third-order valence-corrected chi connectivity index (χ3v) is 14.1. The van der Waals surface area contributed by atoms with E-state index >= 15 is 0 Å². The van der Waals surface area contributed by atoms with Gasteiger partial charge in [-0.3, -0.25) is 9.97 Å². The van der Waals surface area contributed by atoms with Crippen LogP contribution < -0.4 is 5.19 Å². The van der Waals surface area contributed by atoms with Crippen LogP contribution in [-0.4, -0.2) is 27.6 Å². The maximum absolute atomic E-state index is 7.44. The number of hydrogen-bond acceptors (Lipinski definition) is 4. The number of nitrogens with zero attached hydrogens (tertiary/aromatic N) is 4. The van der Waals surface area contributed by atoms with Gasteiger partial charge >= 0.3 is 0 Å². The molecule has 5 aromatic carbocycles. The smallest absolute Gasteiger partial charge is 0.120 e. The predicted octanol–water partition coefficient (Wildman–Crippen LogP) is 15.5. The summed E-state index contributed by atoms with van der Waals surface area (Å²) in [4.78, 5) is 15.0. The first kappa shape index (κ1) is 43.4. The Morgan fingerprint density at radius 2 is 1.38 bits per heavy atom. The zero-order valence-electron chi connectivity index (χ0n) is 42.8. The van der Waals surface area contributed by atoms with E-state index in [1.165, 1.54) is 38.7 Å². The Labute approximate surface area is 405 Å². The molecular formula is C58H62IrN4OSi-2. The fraction of sp³-hybridized carbons (Fsp3) is 0.293. The molecule has 335 valence electrons. The zero-order valence-corrected chi connectivity index (χ0v) is 43.2. The molecule has 5 nitrogen and oxygen atoms in total. The minimum atomic E-state index is -2.09. The number of pyridine rings is 2. The monoisotopic (exact) mass is 1050 g/mol. The number of para-hydroxylation sites is 1. The van der Waals surface area contributed by atoms with Crippen LogP contribution in [0.15, 0.2) is 126 Å². The van der Waals surface area contributed by atoms with E-state index in [-0.39, 0.29) is 37.4 Å². The molecule has 4 aromatic heterocycles. The van der Waals surface area contributed by atoms with Gasteiger partial charge in [-0.05, 0) is 75.2 Å². The average Bonchev–Trinajstić information content (AvgIpc) is 3.86. The van der Waals surface area contributed by atoms with Gasteiger partial charge in [-0.1, -0.05) is 160 Å². The van der Waals surface area contributed by atoms with Crippen LogP contribution in [0.5, 0.6) is 0 Å². The van der Waals surface area contributed by atoms with Crippen molar-refractivity contribution in [3.63, 3.8) is 0 Å². The maximum Gasteiger partial charge on any atom is 0.120 e. The van der Waals surface area contributed by atoms with Crippen molar-refractivity contribution >= 4 is 46.2 Å². The first-order valence-electron chi connectivity index (χ1n) is 24.1. The van der Waals surface area contributed by atoms with Gasteiger partial charge in [0.2, 0.25) is 0 Å². The summed E-state index contributed by atoms with van der Waals surface area (Å²) in [7, 11) is -1.45. The zero-order chi connectivity index (χ0) is 48.2. The van der Waals surface area contributed by atoms with Crippen LogP contribution in [0, 0.1) is 19.0 Å². The van der Waals surface area contributed by atoms with Crippen LogP contribution in [-0.2, 0) is 25.5 Å². The molecular weight excluding hydrogens is 989 g/mol. The van der Waals surface area contributed by atoms with E-state index in [2.05, 4.69) is 176 Å². The second-order valence-corrected chi connectivity index (χ2v) is 25.0. The summed E-state index contributed by atoms with van der Waals surface area (Å²) >= 11 is 0. The van der Waals surface area contributed by atoms with E-state index < -0.39 is 14.9 Å². The SMILES string of the molecule is CC(C)c1cc(-c2ccccc2)cc(C(C)C)c1-n1c(-c2[c-]ccc3c2oc2ccccc23)nc2cc(C(C)(C)C)ncc21.[2H]C([2H])([2H])c1c[c-]c(-c2cc(C(C)C)c([Si](C)(C)C)cn2)cc1.[Ir]. The van der Waals surface area contributed by atoms with Crippen molar-refractivity contribution in [3.05, 3.63) is 162 Å². The number of fused-ring (bicyclic) bond motifs is 4. The Bertz CT molecular complexity index is 3200. The summed E-state index contributed by atoms with van der Waals surface area (Å²) in [5, 5.41) is 3.54. The van der Waals surface area contributed by atoms with Crippen LogP contribution in [0.25, 0.3) is 72.4 Å². The van der Waals surface area contributed by atoms with Crippen LogP contribution in [0.4, 0.5) is 0 Å². The van der Waals surface area contributed by atoms with Gasteiger partial charge in [-0.25, -0.2) is 0 Å². The van der Waals surface area contributed by atoms with Crippen molar-refractivity contribution in [3.8, 4) is 39.5 Å². The van der Waals surface area contributed by atoms with Gasteiger partial charge in [-0.2, -0.15) is 0 Å². The summed E-state index contributed by atoms with van der Waals surface area (Å²) in [6.45, 7) is 25.0. The van der Waals surface area contributed by atoms with Gasteiger partial charge < -0.3 is 14.0 Å².